The molecule has 0 radical (unpaired) electrons. The van der Waals surface area contributed by atoms with E-state index in [4.69, 9.17) is 20.9 Å². The van der Waals surface area contributed by atoms with Gasteiger partial charge in [-0.15, -0.1) is 0 Å². The Labute approximate surface area is 159 Å². The fraction of sp³-hybridized carbons (Fsp3) is 0.500. The molecule has 3 nitrogen and oxygen atoms in total. The highest BCUT2D eigenvalue weighted by Crippen LogP contribution is 2.53. The van der Waals surface area contributed by atoms with Crippen LogP contribution in [0.3, 0.4) is 0 Å². The van der Waals surface area contributed by atoms with Gasteiger partial charge in [-0.05, 0) is 58.2 Å². The van der Waals surface area contributed by atoms with Crippen LogP contribution < -0.4 is 0 Å². The summed E-state index contributed by atoms with van der Waals surface area (Å²) in [5, 5.41) is 1.79. The summed E-state index contributed by atoms with van der Waals surface area (Å²) >= 11 is 6.37. The molecule has 0 N–H and O–H groups in total. The Balaban J connectivity index is 1.71. The third kappa shape index (κ3) is 2.64. The van der Waals surface area contributed by atoms with Crippen molar-refractivity contribution >= 4 is 29.6 Å². The number of aryl methyl sites for hydroxylation is 1. The number of allylic oxidation sites excluding steroid dienone is 1. The molecular weight excluding hydrogens is 351 g/mol. The van der Waals surface area contributed by atoms with E-state index in [0.717, 1.165) is 29.3 Å². The van der Waals surface area contributed by atoms with Crippen molar-refractivity contribution in [3.8, 4) is 0 Å². The molecule has 0 atom stereocenters. The van der Waals surface area contributed by atoms with E-state index in [1.165, 1.54) is 0 Å². The van der Waals surface area contributed by atoms with E-state index in [1.54, 1.807) is 6.08 Å². The number of nitrogens with zero attached hydrogens (tertiary/aromatic N) is 1. The predicted octanol–water partition coefficient (Wildman–Crippen LogP) is 5.35. The van der Waals surface area contributed by atoms with Crippen LogP contribution in [0.5, 0.6) is 0 Å². The molecule has 0 spiro atoms. The van der Waals surface area contributed by atoms with Gasteiger partial charge in [0.05, 0.1) is 21.7 Å². The lowest BCUT2D eigenvalue weighted by atomic mass is 9.83. The first-order chi connectivity index (χ1) is 12.1. The number of fused-ring (bicyclic) bond motifs is 1. The van der Waals surface area contributed by atoms with Gasteiger partial charge in [0.15, 0.2) is 0 Å². The Bertz CT molecular complexity index is 898. The Morgan fingerprint density at radius 2 is 1.81 bits per heavy atom. The quantitative estimate of drug-likeness (QED) is 0.675. The van der Waals surface area contributed by atoms with Gasteiger partial charge in [0.2, 0.25) is 0 Å². The molecule has 2 aliphatic rings. The van der Waals surface area contributed by atoms with Gasteiger partial charge in [0.25, 0.3) is 0 Å². The number of benzene rings is 1. The Morgan fingerprint density at radius 3 is 2.38 bits per heavy atom. The molecule has 1 aliphatic heterocycles. The molecule has 1 saturated carbocycles. The second-order valence-electron chi connectivity index (χ2n) is 8.56. The van der Waals surface area contributed by atoms with Crippen LogP contribution in [-0.2, 0) is 21.8 Å². The van der Waals surface area contributed by atoms with Crippen LogP contribution in [-0.4, -0.2) is 22.9 Å². The topological polar surface area (TPSA) is 23.4 Å². The number of halogens is 2. The zero-order chi connectivity index (χ0) is 18.9. The highest BCUT2D eigenvalue weighted by atomic mass is 35.5. The van der Waals surface area contributed by atoms with Crippen LogP contribution in [0, 0.1) is 0 Å². The van der Waals surface area contributed by atoms with Crippen LogP contribution >= 0.6 is 11.6 Å². The average molecular weight is 376 g/mol. The lowest BCUT2D eigenvalue weighted by molar-refractivity contribution is 0.00578. The van der Waals surface area contributed by atoms with Crippen molar-refractivity contribution in [2.24, 2.45) is 7.05 Å². The fourth-order valence-corrected chi connectivity index (χ4v) is 4.04. The molecule has 0 unspecified atom stereocenters. The summed E-state index contributed by atoms with van der Waals surface area (Å²) in [7, 11) is 1.03. The first-order valence-corrected chi connectivity index (χ1v) is 9.42. The van der Waals surface area contributed by atoms with Crippen molar-refractivity contribution in [1.29, 1.82) is 0 Å². The molecule has 1 aromatic heterocycles. The van der Waals surface area contributed by atoms with Gasteiger partial charge in [-0.25, -0.2) is 4.39 Å². The lowest BCUT2D eigenvalue weighted by Gasteiger charge is -2.32. The molecule has 138 valence electrons. The SMILES string of the molecule is Cn1cc(C2(C=C(F)B3OC(C)(C)C(C)(C)O3)CC2)c2cccc(Cl)c21. The number of hydrogen-bond donors (Lipinski definition) is 0. The summed E-state index contributed by atoms with van der Waals surface area (Å²) in [4.78, 5) is 0. The van der Waals surface area contributed by atoms with Crippen LogP contribution in [0.25, 0.3) is 10.9 Å². The van der Waals surface area contributed by atoms with Crippen molar-refractivity contribution in [1.82, 2.24) is 4.57 Å². The summed E-state index contributed by atoms with van der Waals surface area (Å²) in [6.07, 6.45) is 5.58. The summed E-state index contributed by atoms with van der Waals surface area (Å²) < 4.78 is 28.8. The van der Waals surface area contributed by atoms with E-state index in [-0.39, 0.29) is 11.1 Å². The van der Waals surface area contributed by atoms with Gasteiger partial charge in [0, 0.05) is 24.0 Å². The summed E-state index contributed by atoms with van der Waals surface area (Å²) in [5.74, 6) is 0. The molecule has 1 saturated heterocycles. The summed E-state index contributed by atoms with van der Waals surface area (Å²) in [6, 6.07) is 5.88. The largest absolute Gasteiger partial charge is 0.524 e. The maximum absolute atomic E-state index is 15.1. The Hall–Kier alpha value is -1.30. The van der Waals surface area contributed by atoms with Gasteiger partial charge in [-0.1, -0.05) is 23.7 Å². The zero-order valence-corrected chi connectivity index (χ0v) is 16.7. The van der Waals surface area contributed by atoms with Gasteiger partial charge in [-0.2, -0.15) is 0 Å². The fourth-order valence-electron chi connectivity index (χ4n) is 3.73. The number of para-hydroxylation sites is 1. The van der Waals surface area contributed by atoms with E-state index >= 15 is 4.39 Å². The molecule has 2 fully saturated rings. The van der Waals surface area contributed by atoms with Crippen molar-refractivity contribution < 1.29 is 13.7 Å². The van der Waals surface area contributed by atoms with Gasteiger partial charge < -0.3 is 13.9 Å². The van der Waals surface area contributed by atoms with Crippen molar-refractivity contribution in [2.45, 2.75) is 57.2 Å². The maximum atomic E-state index is 15.1. The van der Waals surface area contributed by atoms with Crippen LogP contribution in [0.2, 0.25) is 5.02 Å². The molecule has 4 rings (SSSR count). The minimum absolute atomic E-state index is 0.308. The van der Waals surface area contributed by atoms with Crippen LogP contribution in [0.4, 0.5) is 4.39 Å². The van der Waals surface area contributed by atoms with Gasteiger partial charge >= 0.3 is 7.12 Å². The third-order valence-corrected chi connectivity index (χ3v) is 6.48. The highest BCUT2D eigenvalue weighted by Gasteiger charge is 2.54. The highest BCUT2D eigenvalue weighted by molar-refractivity contribution is 6.53. The van der Waals surface area contributed by atoms with E-state index < -0.39 is 18.3 Å². The molecule has 2 heterocycles. The summed E-state index contributed by atoms with van der Waals surface area (Å²) in [6.45, 7) is 7.72. The molecule has 26 heavy (non-hydrogen) atoms. The minimum atomic E-state index is -0.948. The van der Waals surface area contributed by atoms with E-state index in [0.29, 0.717) is 5.02 Å². The Morgan fingerprint density at radius 1 is 1.19 bits per heavy atom. The molecule has 1 aromatic carbocycles. The van der Waals surface area contributed by atoms with E-state index in [1.807, 2.05) is 51.4 Å². The maximum Gasteiger partial charge on any atom is 0.524 e. The standard InChI is InChI=1S/C20H24BClFNO2/c1-18(2)19(3,4)26-21(25-18)16(23)11-20(9-10-20)14-12-24(5)17-13(14)7-6-8-15(17)22/h6-8,11-12H,9-10H2,1-5H3. The second kappa shape index (κ2) is 5.60. The molecular formula is C20H24BClFNO2. The smallest absolute Gasteiger partial charge is 0.398 e. The predicted molar refractivity (Wildman–Crippen MR) is 104 cm³/mol. The first kappa shape index (κ1) is 18.1. The van der Waals surface area contributed by atoms with Crippen molar-refractivity contribution in [3.05, 3.63) is 46.8 Å². The number of hydrogen-bond acceptors (Lipinski definition) is 2. The Kier molecular flexibility index (Phi) is 3.90. The zero-order valence-electron chi connectivity index (χ0n) is 15.9. The van der Waals surface area contributed by atoms with E-state index in [2.05, 4.69) is 12.3 Å². The normalized spacial score (nSPS) is 23.7. The average Bonchev–Trinajstić information content (AvgIpc) is 3.16. The van der Waals surface area contributed by atoms with Crippen molar-refractivity contribution in [2.75, 3.05) is 0 Å². The lowest BCUT2D eigenvalue weighted by Crippen LogP contribution is -2.41. The van der Waals surface area contributed by atoms with Crippen LogP contribution in [0.15, 0.2) is 36.2 Å². The van der Waals surface area contributed by atoms with Crippen molar-refractivity contribution in [3.63, 3.8) is 0 Å². The monoisotopic (exact) mass is 375 g/mol. The third-order valence-electron chi connectivity index (χ3n) is 6.17. The number of rotatable bonds is 3. The van der Waals surface area contributed by atoms with Crippen LogP contribution in [0.1, 0.15) is 46.1 Å². The molecule has 2 aromatic rings. The molecule has 6 heteroatoms. The minimum Gasteiger partial charge on any atom is -0.398 e. The van der Waals surface area contributed by atoms with Gasteiger partial charge in [0.1, 0.15) is 5.73 Å². The second-order valence-corrected chi connectivity index (χ2v) is 8.97. The molecule has 0 amide bonds. The molecule has 1 aliphatic carbocycles. The van der Waals surface area contributed by atoms with Gasteiger partial charge in [-0.3, -0.25) is 0 Å². The van der Waals surface area contributed by atoms with E-state index in [9.17, 15) is 0 Å². The summed E-state index contributed by atoms with van der Waals surface area (Å²) in [5.41, 5.74) is 0.348. The number of aromatic nitrogens is 1. The molecule has 0 bridgehead atoms. The first-order valence-electron chi connectivity index (χ1n) is 9.04.